The van der Waals surface area contributed by atoms with Crippen LogP contribution in [0.1, 0.15) is 35.4 Å². The molecule has 5 heteroatoms. The van der Waals surface area contributed by atoms with Crippen LogP contribution >= 0.6 is 54.8 Å². The van der Waals surface area contributed by atoms with Crippen LogP contribution in [-0.2, 0) is 0 Å². The van der Waals surface area contributed by atoms with Crippen molar-refractivity contribution in [1.29, 1.82) is 0 Å². The van der Waals surface area contributed by atoms with E-state index >= 15 is 0 Å². The fourth-order valence-corrected chi connectivity index (χ4v) is 4.29. The molecule has 1 aromatic carbocycles. The normalized spacial score (nSPS) is 12.7. The molecule has 0 fully saturated rings. The molecule has 0 aliphatic carbocycles. The summed E-state index contributed by atoms with van der Waals surface area (Å²) < 4.78 is 2.87. The Labute approximate surface area is 146 Å². The summed E-state index contributed by atoms with van der Waals surface area (Å²) in [5, 5.41) is 3.62. The van der Waals surface area contributed by atoms with Gasteiger partial charge in [0.15, 0.2) is 0 Å². The summed E-state index contributed by atoms with van der Waals surface area (Å²) in [6, 6.07) is 8.70. The molecule has 0 saturated carbocycles. The van der Waals surface area contributed by atoms with Crippen molar-refractivity contribution < 1.29 is 0 Å². The number of hydrogen-bond donors (Lipinski definition) is 1. The van der Waals surface area contributed by atoms with Crippen LogP contribution in [0.15, 0.2) is 33.2 Å². The largest absolute Gasteiger partial charge is 0.306 e. The third-order valence-corrected chi connectivity index (χ3v) is 6.13. The highest BCUT2D eigenvalue weighted by molar-refractivity contribution is 9.10. The molecular weight excluding hydrogens is 422 g/mol. The maximum absolute atomic E-state index is 6.20. The minimum absolute atomic E-state index is 0.182. The molecule has 0 saturated heterocycles. The third-order valence-electron chi connectivity index (χ3n) is 3.10. The summed E-state index contributed by atoms with van der Waals surface area (Å²) >= 11 is 14.9. The van der Waals surface area contributed by atoms with E-state index in [1.807, 2.05) is 0 Å². The molecule has 1 aromatic heterocycles. The first-order chi connectivity index (χ1) is 9.52. The number of halogens is 3. The second-order valence-corrected chi connectivity index (χ2v) is 8.11. The molecule has 1 unspecified atom stereocenters. The highest BCUT2D eigenvalue weighted by Gasteiger charge is 2.19. The van der Waals surface area contributed by atoms with E-state index in [0.29, 0.717) is 0 Å². The van der Waals surface area contributed by atoms with Gasteiger partial charge in [-0.15, -0.1) is 11.3 Å². The Hall–Kier alpha value is 0.130. The Morgan fingerprint density at radius 1 is 1.30 bits per heavy atom. The quantitative estimate of drug-likeness (QED) is 0.577. The summed E-state index contributed by atoms with van der Waals surface area (Å²) in [5.74, 6) is 0. The van der Waals surface area contributed by atoms with Crippen molar-refractivity contribution in [2.24, 2.45) is 0 Å². The molecule has 0 amide bonds. The molecule has 1 N–H and O–H groups in total. The zero-order valence-corrected chi connectivity index (χ0v) is 16.1. The fourth-order valence-electron chi connectivity index (χ4n) is 2.08. The predicted octanol–water partition coefficient (Wildman–Crippen LogP) is 6.32. The summed E-state index contributed by atoms with van der Waals surface area (Å²) in [7, 11) is 0. The van der Waals surface area contributed by atoms with Gasteiger partial charge in [0.2, 0.25) is 0 Å². The van der Waals surface area contributed by atoms with Crippen LogP contribution in [0.25, 0.3) is 0 Å². The van der Waals surface area contributed by atoms with Gasteiger partial charge in [-0.3, -0.25) is 0 Å². The Morgan fingerprint density at radius 3 is 2.65 bits per heavy atom. The first-order valence-corrected chi connectivity index (χ1v) is 9.25. The van der Waals surface area contributed by atoms with Crippen LogP contribution in [0.4, 0.5) is 0 Å². The molecule has 1 heterocycles. The summed E-state index contributed by atoms with van der Waals surface area (Å²) in [5.41, 5.74) is 2.57. The standard InChI is InChI=1S/C15H16Br2ClNS/c1-3-6-19-14(13-8-12(17)15(18)20-13)11-7-10(16)5-4-9(11)2/h4-5,7-8,14,19H,3,6H2,1-2H3. The van der Waals surface area contributed by atoms with Crippen molar-refractivity contribution in [3.05, 3.63) is 53.6 Å². The van der Waals surface area contributed by atoms with E-state index in [4.69, 9.17) is 11.6 Å². The second-order valence-electron chi connectivity index (χ2n) is 4.66. The van der Waals surface area contributed by atoms with E-state index in [9.17, 15) is 0 Å². The Kier molecular flexibility index (Phi) is 6.11. The zero-order valence-electron chi connectivity index (χ0n) is 11.3. The molecule has 2 aromatic rings. The van der Waals surface area contributed by atoms with Crippen molar-refractivity contribution in [2.75, 3.05) is 6.54 Å². The molecule has 2 rings (SSSR count). The topological polar surface area (TPSA) is 12.0 Å². The average molecular weight is 438 g/mol. The SMILES string of the molecule is CCCNC(c1cc(Br)c(Cl)s1)c1cc(Br)ccc1C. The first-order valence-electron chi connectivity index (χ1n) is 6.47. The van der Waals surface area contributed by atoms with Crippen LogP contribution < -0.4 is 5.32 Å². The summed E-state index contributed by atoms with van der Waals surface area (Å²) in [6.07, 6.45) is 1.10. The molecule has 0 aliphatic heterocycles. The second kappa shape index (κ2) is 7.41. The van der Waals surface area contributed by atoms with Crippen LogP contribution in [-0.4, -0.2) is 6.54 Å². The molecule has 1 atom stereocenters. The Bertz CT molecular complexity index is 578. The minimum atomic E-state index is 0.182. The number of rotatable bonds is 5. The van der Waals surface area contributed by atoms with Crippen LogP contribution in [0, 0.1) is 6.92 Å². The van der Waals surface area contributed by atoms with Gasteiger partial charge in [-0.2, -0.15) is 0 Å². The van der Waals surface area contributed by atoms with Gasteiger partial charge in [0.05, 0.1) is 6.04 Å². The van der Waals surface area contributed by atoms with Crippen molar-refractivity contribution in [3.8, 4) is 0 Å². The maximum atomic E-state index is 6.20. The Morgan fingerprint density at radius 2 is 2.05 bits per heavy atom. The van der Waals surface area contributed by atoms with Crippen LogP contribution in [0.3, 0.4) is 0 Å². The predicted molar refractivity (Wildman–Crippen MR) is 96.0 cm³/mol. The Balaban J connectivity index is 2.43. The molecule has 1 nitrogen and oxygen atoms in total. The van der Waals surface area contributed by atoms with Crippen molar-refractivity contribution in [1.82, 2.24) is 5.32 Å². The number of nitrogens with one attached hydrogen (secondary N) is 1. The van der Waals surface area contributed by atoms with Gasteiger partial charge in [0.1, 0.15) is 4.34 Å². The molecule has 0 aliphatic rings. The van der Waals surface area contributed by atoms with Gasteiger partial charge >= 0.3 is 0 Å². The first kappa shape index (κ1) is 16.5. The molecule has 0 bridgehead atoms. The lowest BCUT2D eigenvalue weighted by Gasteiger charge is -2.20. The van der Waals surface area contributed by atoms with E-state index < -0.39 is 0 Å². The lowest BCUT2D eigenvalue weighted by atomic mass is 10.00. The maximum Gasteiger partial charge on any atom is 0.107 e. The van der Waals surface area contributed by atoms with Gasteiger partial charge < -0.3 is 5.32 Å². The van der Waals surface area contributed by atoms with E-state index in [1.54, 1.807) is 11.3 Å². The number of thiophene rings is 1. The molecule has 20 heavy (non-hydrogen) atoms. The van der Waals surface area contributed by atoms with E-state index in [-0.39, 0.29) is 6.04 Å². The molecule has 108 valence electrons. The third kappa shape index (κ3) is 3.86. The minimum Gasteiger partial charge on any atom is -0.306 e. The van der Waals surface area contributed by atoms with Crippen molar-refractivity contribution >= 4 is 54.8 Å². The number of hydrogen-bond acceptors (Lipinski definition) is 2. The zero-order chi connectivity index (χ0) is 14.7. The van der Waals surface area contributed by atoms with Gasteiger partial charge in [0.25, 0.3) is 0 Å². The average Bonchev–Trinajstić information content (AvgIpc) is 2.74. The smallest absolute Gasteiger partial charge is 0.107 e. The highest BCUT2D eigenvalue weighted by atomic mass is 79.9. The molecule has 0 radical (unpaired) electrons. The van der Waals surface area contributed by atoms with E-state index in [0.717, 1.165) is 26.2 Å². The van der Waals surface area contributed by atoms with Crippen molar-refractivity contribution in [2.45, 2.75) is 26.3 Å². The monoisotopic (exact) mass is 435 g/mol. The van der Waals surface area contributed by atoms with Gasteiger partial charge in [-0.1, -0.05) is 40.5 Å². The lowest BCUT2D eigenvalue weighted by Crippen LogP contribution is -2.23. The van der Waals surface area contributed by atoms with Crippen LogP contribution in [0.2, 0.25) is 4.34 Å². The molecule has 0 spiro atoms. The lowest BCUT2D eigenvalue weighted by molar-refractivity contribution is 0.603. The molecular formula is C15H16Br2ClNS. The fraction of sp³-hybridized carbons (Fsp3) is 0.333. The summed E-state index contributed by atoms with van der Waals surface area (Å²) in [6.45, 7) is 5.30. The van der Waals surface area contributed by atoms with E-state index in [1.165, 1.54) is 16.0 Å². The van der Waals surface area contributed by atoms with Gasteiger partial charge in [0, 0.05) is 13.8 Å². The van der Waals surface area contributed by atoms with Crippen LogP contribution in [0.5, 0.6) is 0 Å². The van der Waals surface area contributed by atoms with Gasteiger partial charge in [-0.05, 0) is 65.1 Å². The highest BCUT2D eigenvalue weighted by Crippen LogP contribution is 2.38. The van der Waals surface area contributed by atoms with Crippen molar-refractivity contribution in [3.63, 3.8) is 0 Å². The summed E-state index contributed by atoms with van der Waals surface area (Å²) in [4.78, 5) is 1.23. The number of benzene rings is 1. The van der Waals surface area contributed by atoms with E-state index in [2.05, 4.69) is 75.3 Å². The van der Waals surface area contributed by atoms with Gasteiger partial charge in [-0.25, -0.2) is 0 Å². The number of aryl methyl sites for hydroxylation is 1.